The van der Waals surface area contributed by atoms with Crippen molar-refractivity contribution in [1.82, 2.24) is 19.7 Å². The average molecular weight is 385 g/mol. The van der Waals surface area contributed by atoms with Gasteiger partial charge in [0.2, 0.25) is 0 Å². The molecule has 0 fully saturated rings. The molecule has 0 aliphatic carbocycles. The largest absolute Gasteiger partial charge is 0.465 e. The van der Waals surface area contributed by atoms with Crippen molar-refractivity contribution < 1.29 is 14.3 Å². The van der Waals surface area contributed by atoms with Gasteiger partial charge in [-0.15, -0.1) is 0 Å². The zero-order valence-electron chi connectivity index (χ0n) is 12.2. The van der Waals surface area contributed by atoms with Gasteiger partial charge in [-0.3, -0.25) is 0 Å². The number of hydrogen-bond donors (Lipinski definition) is 2. The van der Waals surface area contributed by atoms with E-state index in [2.05, 4.69) is 21.0 Å². The molecular formula is C14H14BrFN4O3. The predicted octanol–water partition coefficient (Wildman–Crippen LogP) is 2.23. The van der Waals surface area contributed by atoms with Crippen LogP contribution in [0.1, 0.15) is 5.56 Å². The Kier molecular flexibility index (Phi) is 5.32. The van der Waals surface area contributed by atoms with Crippen molar-refractivity contribution in [2.45, 2.75) is 13.5 Å². The first-order valence-electron chi connectivity index (χ1n) is 6.58. The summed E-state index contributed by atoms with van der Waals surface area (Å²) < 4.78 is 16.1. The molecule has 1 amide bonds. The maximum Gasteiger partial charge on any atom is 0.404 e. The summed E-state index contributed by atoms with van der Waals surface area (Å²) in [6.07, 6.45) is 0.337. The molecule has 9 heteroatoms. The predicted molar refractivity (Wildman–Crippen MR) is 85.5 cm³/mol. The van der Waals surface area contributed by atoms with E-state index in [0.29, 0.717) is 5.69 Å². The second-order valence-corrected chi connectivity index (χ2v) is 5.66. The fraction of sp³-hybridized carbons (Fsp3) is 0.214. The number of nitrogens with zero attached hydrogens (tertiary/aromatic N) is 3. The Morgan fingerprint density at radius 2 is 2.26 bits per heavy atom. The third kappa shape index (κ3) is 4.07. The van der Waals surface area contributed by atoms with Crippen LogP contribution in [-0.2, 0) is 6.54 Å². The molecule has 0 aliphatic rings. The molecule has 2 aromatic rings. The molecule has 2 N–H and O–H groups in total. The van der Waals surface area contributed by atoms with Gasteiger partial charge in [-0.05, 0) is 36.3 Å². The van der Waals surface area contributed by atoms with E-state index in [-0.39, 0.29) is 25.0 Å². The smallest absolute Gasteiger partial charge is 0.404 e. The Morgan fingerprint density at radius 1 is 1.52 bits per heavy atom. The van der Waals surface area contributed by atoms with Gasteiger partial charge in [0, 0.05) is 11.0 Å². The molecule has 0 radical (unpaired) electrons. The van der Waals surface area contributed by atoms with E-state index >= 15 is 0 Å². The molecule has 0 saturated heterocycles. The van der Waals surface area contributed by atoms with Crippen molar-refractivity contribution in [3.05, 3.63) is 56.9 Å². The van der Waals surface area contributed by atoms with Gasteiger partial charge in [-0.25, -0.2) is 23.2 Å². The lowest BCUT2D eigenvalue weighted by Crippen LogP contribution is -2.29. The van der Waals surface area contributed by atoms with Crippen LogP contribution in [0, 0.1) is 6.92 Å². The molecule has 2 rings (SSSR count). The van der Waals surface area contributed by atoms with E-state index < -0.39 is 11.8 Å². The summed E-state index contributed by atoms with van der Waals surface area (Å²) in [4.78, 5) is 22.8. The Bertz CT molecular complexity index is 813. The topological polar surface area (TPSA) is 89.2 Å². The number of rotatable bonds is 5. The maximum absolute atomic E-state index is 12.8. The van der Waals surface area contributed by atoms with Gasteiger partial charge >= 0.3 is 11.8 Å². The zero-order valence-corrected chi connectivity index (χ0v) is 13.7. The number of carbonyl (C=O) groups is 1. The molecule has 0 atom stereocenters. The molecule has 1 heterocycles. The molecule has 0 spiro atoms. The van der Waals surface area contributed by atoms with Gasteiger partial charge in [-0.2, -0.15) is 5.10 Å². The lowest BCUT2D eigenvalue weighted by molar-refractivity contribution is 0.195. The van der Waals surface area contributed by atoms with Crippen molar-refractivity contribution in [3.8, 4) is 5.69 Å². The number of hydrogen-bond acceptors (Lipinski definition) is 3. The number of amides is 1. The van der Waals surface area contributed by atoms with E-state index in [0.717, 1.165) is 14.7 Å². The SMILES string of the molecule is Cc1cc(-n2cnn(C/C(=C/F)CNC(=O)O)c2=O)ccc1Br. The first-order chi connectivity index (χ1) is 10.9. The number of halogens is 2. The average Bonchev–Trinajstić information content (AvgIpc) is 2.87. The fourth-order valence-corrected chi connectivity index (χ4v) is 2.16. The first kappa shape index (κ1) is 16.9. The van der Waals surface area contributed by atoms with Crippen LogP contribution in [0.4, 0.5) is 9.18 Å². The number of aryl methyl sites for hydroxylation is 1. The van der Waals surface area contributed by atoms with E-state index in [1.807, 2.05) is 24.4 Å². The van der Waals surface area contributed by atoms with Crippen LogP contribution in [0.25, 0.3) is 5.69 Å². The van der Waals surface area contributed by atoms with E-state index in [9.17, 15) is 14.0 Å². The van der Waals surface area contributed by atoms with Crippen LogP contribution in [0.2, 0.25) is 0 Å². The van der Waals surface area contributed by atoms with Gasteiger partial charge in [0.05, 0.1) is 18.6 Å². The summed E-state index contributed by atoms with van der Waals surface area (Å²) in [6, 6.07) is 5.38. The van der Waals surface area contributed by atoms with Gasteiger partial charge in [-0.1, -0.05) is 15.9 Å². The number of benzene rings is 1. The van der Waals surface area contributed by atoms with Crippen LogP contribution < -0.4 is 11.0 Å². The van der Waals surface area contributed by atoms with Gasteiger partial charge in [0.25, 0.3) is 0 Å². The Morgan fingerprint density at radius 3 is 2.87 bits per heavy atom. The van der Waals surface area contributed by atoms with Crippen molar-refractivity contribution in [2.24, 2.45) is 0 Å². The van der Waals surface area contributed by atoms with Gasteiger partial charge in [0.1, 0.15) is 6.33 Å². The van der Waals surface area contributed by atoms with E-state index in [4.69, 9.17) is 5.11 Å². The summed E-state index contributed by atoms with van der Waals surface area (Å²) in [5, 5.41) is 14.5. The quantitative estimate of drug-likeness (QED) is 0.826. The molecule has 23 heavy (non-hydrogen) atoms. The molecule has 0 unspecified atom stereocenters. The Labute approximate surface area is 139 Å². The highest BCUT2D eigenvalue weighted by Crippen LogP contribution is 2.18. The second kappa shape index (κ2) is 7.23. The number of nitrogens with one attached hydrogen (secondary N) is 1. The molecule has 1 aromatic carbocycles. The van der Waals surface area contributed by atoms with Crippen LogP contribution in [0.3, 0.4) is 0 Å². The lowest BCUT2D eigenvalue weighted by atomic mass is 10.2. The minimum atomic E-state index is -1.27. The third-order valence-electron chi connectivity index (χ3n) is 3.13. The van der Waals surface area contributed by atoms with Crippen molar-refractivity contribution >= 4 is 22.0 Å². The lowest BCUT2D eigenvalue weighted by Gasteiger charge is -2.05. The van der Waals surface area contributed by atoms with Crippen LogP contribution in [0.5, 0.6) is 0 Å². The zero-order chi connectivity index (χ0) is 17.0. The van der Waals surface area contributed by atoms with Crippen LogP contribution in [-0.4, -0.2) is 32.1 Å². The number of aromatic nitrogens is 3. The number of carboxylic acid groups (broad SMARTS) is 1. The van der Waals surface area contributed by atoms with Crippen LogP contribution in [0.15, 0.2) is 45.7 Å². The molecule has 7 nitrogen and oxygen atoms in total. The standard InChI is InChI=1S/C14H14BrFN4O3/c1-9-4-11(2-3-12(9)15)19-8-18-20(14(19)23)7-10(5-16)6-17-13(21)22/h2-5,8,17H,6-7H2,1H3,(H,21,22)/b10-5+. The Hall–Kier alpha value is -2.42. The fourth-order valence-electron chi connectivity index (χ4n) is 1.91. The third-order valence-corrected chi connectivity index (χ3v) is 4.02. The normalized spacial score (nSPS) is 11.5. The molecule has 0 bridgehead atoms. The molecule has 0 saturated carbocycles. The minimum Gasteiger partial charge on any atom is -0.465 e. The molecule has 122 valence electrons. The summed E-state index contributed by atoms with van der Waals surface area (Å²) >= 11 is 3.38. The van der Waals surface area contributed by atoms with E-state index in [1.54, 1.807) is 6.07 Å². The van der Waals surface area contributed by atoms with Crippen LogP contribution >= 0.6 is 15.9 Å². The summed E-state index contributed by atoms with van der Waals surface area (Å²) in [7, 11) is 0. The maximum atomic E-state index is 12.8. The van der Waals surface area contributed by atoms with E-state index in [1.165, 1.54) is 10.9 Å². The Balaban J connectivity index is 2.23. The monoisotopic (exact) mass is 384 g/mol. The summed E-state index contributed by atoms with van der Waals surface area (Å²) in [5.41, 5.74) is 1.24. The van der Waals surface area contributed by atoms with Gasteiger partial charge in [0.15, 0.2) is 0 Å². The van der Waals surface area contributed by atoms with Crippen molar-refractivity contribution in [3.63, 3.8) is 0 Å². The van der Waals surface area contributed by atoms with Gasteiger partial charge < -0.3 is 10.4 Å². The highest BCUT2D eigenvalue weighted by Gasteiger charge is 2.10. The minimum absolute atomic E-state index is 0.0896. The highest BCUT2D eigenvalue weighted by atomic mass is 79.9. The summed E-state index contributed by atoms with van der Waals surface area (Å²) in [6.45, 7) is 1.53. The van der Waals surface area contributed by atoms with Crippen molar-refractivity contribution in [1.29, 1.82) is 0 Å². The molecule has 0 aliphatic heterocycles. The molecular weight excluding hydrogens is 371 g/mol. The first-order valence-corrected chi connectivity index (χ1v) is 7.37. The molecule has 1 aromatic heterocycles. The highest BCUT2D eigenvalue weighted by molar-refractivity contribution is 9.10. The second-order valence-electron chi connectivity index (χ2n) is 4.80. The van der Waals surface area contributed by atoms with Crippen molar-refractivity contribution in [2.75, 3.05) is 6.54 Å². The summed E-state index contributed by atoms with van der Waals surface area (Å²) in [5.74, 6) is 0.